The molecule has 1 N–H and O–H groups in total. The molecule has 0 aromatic heterocycles. The van der Waals surface area contributed by atoms with E-state index in [-0.39, 0.29) is 5.54 Å². The number of terminal acetylenes is 1. The number of rotatable bonds is 5. The van der Waals surface area contributed by atoms with Gasteiger partial charge in [-0.15, -0.1) is 12.3 Å². The molecule has 2 atom stereocenters. The fourth-order valence-electron chi connectivity index (χ4n) is 2.19. The first-order chi connectivity index (χ1) is 7.03. The van der Waals surface area contributed by atoms with Gasteiger partial charge in [-0.25, -0.2) is 0 Å². The van der Waals surface area contributed by atoms with E-state index in [2.05, 4.69) is 32.0 Å². The van der Waals surface area contributed by atoms with Crippen LogP contribution in [0.5, 0.6) is 0 Å². The third-order valence-electron chi connectivity index (χ3n) is 3.37. The van der Waals surface area contributed by atoms with Crippen molar-refractivity contribution in [1.29, 1.82) is 0 Å². The van der Waals surface area contributed by atoms with E-state index >= 15 is 0 Å². The quantitative estimate of drug-likeness (QED) is 0.539. The largest absolute Gasteiger partial charge is 0.312 e. The second-order valence-corrected chi connectivity index (χ2v) is 5.82. The van der Waals surface area contributed by atoms with Crippen LogP contribution in [-0.2, 0) is 0 Å². The predicted octanol–water partition coefficient (Wildman–Crippen LogP) is 3.20. The van der Waals surface area contributed by atoms with E-state index in [9.17, 15) is 0 Å². The van der Waals surface area contributed by atoms with Gasteiger partial charge in [-0.1, -0.05) is 0 Å². The molecular formula is C14H25N. The van der Waals surface area contributed by atoms with Crippen LogP contribution < -0.4 is 5.32 Å². The summed E-state index contributed by atoms with van der Waals surface area (Å²) < 4.78 is 0. The molecule has 1 rings (SSSR count). The monoisotopic (exact) mass is 207 g/mol. The molecule has 0 saturated heterocycles. The van der Waals surface area contributed by atoms with Crippen molar-refractivity contribution in [3.63, 3.8) is 0 Å². The molecule has 0 aromatic rings. The summed E-state index contributed by atoms with van der Waals surface area (Å²) >= 11 is 0. The smallest absolute Gasteiger partial charge is 0.00966 e. The van der Waals surface area contributed by atoms with Gasteiger partial charge in [-0.2, -0.15) is 0 Å². The Morgan fingerprint density at radius 1 is 1.27 bits per heavy atom. The van der Waals surface area contributed by atoms with Gasteiger partial charge in [0, 0.05) is 12.0 Å². The summed E-state index contributed by atoms with van der Waals surface area (Å²) in [5.74, 6) is 4.57. The SMILES string of the molecule is C#CCCCC1CCC1CNC(C)(C)C. The van der Waals surface area contributed by atoms with E-state index in [4.69, 9.17) is 6.42 Å². The van der Waals surface area contributed by atoms with Crippen molar-refractivity contribution in [1.82, 2.24) is 5.32 Å². The Bertz CT molecular complexity index is 218. The molecule has 1 aliphatic rings. The van der Waals surface area contributed by atoms with Gasteiger partial charge in [0.1, 0.15) is 0 Å². The van der Waals surface area contributed by atoms with Crippen LogP contribution in [0, 0.1) is 24.2 Å². The highest BCUT2D eigenvalue weighted by molar-refractivity contribution is 4.87. The summed E-state index contributed by atoms with van der Waals surface area (Å²) in [6.07, 6.45) is 11.6. The first-order valence-corrected chi connectivity index (χ1v) is 6.21. The Morgan fingerprint density at radius 2 is 1.93 bits per heavy atom. The van der Waals surface area contributed by atoms with Crippen LogP contribution in [0.25, 0.3) is 0 Å². The first-order valence-electron chi connectivity index (χ1n) is 6.21. The van der Waals surface area contributed by atoms with E-state index in [1.165, 1.54) is 32.2 Å². The van der Waals surface area contributed by atoms with Gasteiger partial charge in [0.25, 0.3) is 0 Å². The molecular weight excluding hydrogens is 182 g/mol. The van der Waals surface area contributed by atoms with Crippen molar-refractivity contribution < 1.29 is 0 Å². The van der Waals surface area contributed by atoms with Crippen LogP contribution in [0.15, 0.2) is 0 Å². The normalized spacial score (nSPS) is 25.7. The Hall–Kier alpha value is -0.480. The second kappa shape index (κ2) is 5.56. The summed E-state index contributed by atoms with van der Waals surface area (Å²) in [4.78, 5) is 0. The van der Waals surface area contributed by atoms with Crippen molar-refractivity contribution in [2.45, 2.75) is 58.4 Å². The van der Waals surface area contributed by atoms with Crippen LogP contribution in [0.3, 0.4) is 0 Å². The number of hydrogen-bond donors (Lipinski definition) is 1. The zero-order valence-electron chi connectivity index (χ0n) is 10.5. The van der Waals surface area contributed by atoms with Gasteiger partial charge in [-0.05, 0) is 64.8 Å². The third kappa shape index (κ3) is 4.71. The average molecular weight is 207 g/mol. The number of hydrogen-bond acceptors (Lipinski definition) is 1. The highest BCUT2D eigenvalue weighted by Crippen LogP contribution is 2.37. The van der Waals surface area contributed by atoms with Gasteiger partial charge in [0.15, 0.2) is 0 Å². The first kappa shape index (κ1) is 12.6. The Balaban J connectivity index is 2.13. The van der Waals surface area contributed by atoms with E-state index in [1.54, 1.807) is 0 Å². The fraction of sp³-hybridized carbons (Fsp3) is 0.857. The lowest BCUT2D eigenvalue weighted by atomic mass is 9.71. The van der Waals surface area contributed by atoms with Crippen LogP contribution >= 0.6 is 0 Å². The Kier molecular flexibility index (Phi) is 4.67. The van der Waals surface area contributed by atoms with E-state index in [0.29, 0.717) is 0 Å². The molecule has 0 bridgehead atoms. The lowest BCUT2D eigenvalue weighted by Crippen LogP contribution is -2.43. The molecule has 0 radical (unpaired) electrons. The van der Waals surface area contributed by atoms with Crippen molar-refractivity contribution in [3.8, 4) is 12.3 Å². The van der Waals surface area contributed by atoms with Crippen LogP contribution in [0.2, 0.25) is 0 Å². The molecule has 2 unspecified atom stereocenters. The molecule has 1 saturated carbocycles. The molecule has 1 heteroatoms. The Labute approximate surface area is 95.0 Å². The van der Waals surface area contributed by atoms with E-state index in [0.717, 1.165) is 18.3 Å². The molecule has 1 nitrogen and oxygen atoms in total. The lowest BCUT2D eigenvalue weighted by Gasteiger charge is -2.38. The maximum atomic E-state index is 5.26. The topological polar surface area (TPSA) is 12.0 Å². The maximum Gasteiger partial charge on any atom is 0.00966 e. The molecule has 0 aromatic carbocycles. The summed E-state index contributed by atoms with van der Waals surface area (Å²) in [6.45, 7) is 7.89. The molecule has 1 aliphatic carbocycles. The van der Waals surface area contributed by atoms with E-state index < -0.39 is 0 Å². The van der Waals surface area contributed by atoms with Gasteiger partial charge in [0.2, 0.25) is 0 Å². The molecule has 0 aliphatic heterocycles. The van der Waals surface area contributed by atoms with Gasteiger partial charge in [0.05, 0.1) is 0 Å². The summed E-state index contributed by atoms with van der Waals surface area (Å²) in [7, 11) is 0. The lowest BCUT2D eigenvalue weighted by molar-refractivity contribution is 0.148. The van der Waals surface area contributed by atoms with Gasteiger partial charge >= 0.3 is 0 Å². The van der Waals surface area contributed by atoms with E-state index in [1.807, 2.05) is 0 Å². The summed E-state index contributed by atoms with van der Waals surface area (Å²) in [6, 6.07) is 0. The standard InChI is InChI=1S/C14H25N/c1-5-6-7-8-12-9-10-13(12)11-15-14(2,3)4/h1,12-13,15H,6-11H2,2-4H3. The minimum Gasteiger partial charge on any atom is -0.312 e. The fourth-order valence-corrected chi connectivity index (χ4v) is 2.19. The number of unbranched alkanes of at least 4 members (excludes halogenated alkanes) is 1. The van der Waals surface area contributed by atoms with Gasteiger partial charge < -0.3 is 5.32 Å². The molecule has 86 valence electrons. The zero-order chi connectivity index (χ0) is 11.3. The molecule has 0 heterocycles. The zero-order valence-corrected chi connectivity index (χ0v) is 10.5. The van der Waals surface area contributed by atoms with Gasteiger partial charge in [-0.3, -0.25) is 0 Å². The van der Waals surface area contributed by atoms with Crippen molar-refractivity contribution >= 4 is 0 Å². The minimum atomic E-state index is 0.263. The van der Waals surface area contributed by atoms with Crippen molar-refractivity contribution in [3.05, 3.63) is 0 Å². The predicted molar refractivity (Wildman–Crippen MR) is 66.7 cm³/mol. The maximum absolute atomic E-state index is 5.26. The highest BCUT2D eigenvalue weighted by atomic mass is 14.9. The number of nitrogens with one attached hydrogen (secondary N) is 1. The average Bonchev–Trinajstić information content (AvgIpc) is 2.08. The molecule has 1 fully saturated rings. The molecule has 0 amide bonds. The Morgan fingerprint density at radius 3 is 2.40 bits per heavy atom. The molecule has 0 spiro atoms. The minimum absolute atomic E-state index is 0.263. The second-order valence-electron chi connectivity index (χ2n) is 5.82. The summed E-state index contributed by atoms with van der Waals surface area (Å²) in [5.41, 5.74) is 0.263. The van der Waals surface area contributed by atoms with Crippen LogP contribution in [0.1, 0.15) is 52.9 Å². The van der Waals surface area contributed by atoms with Crippen molar-refractivity contribution in [2.75, 3.05) is 6.54 Å². The molecule has 15 heavy (non-hydrogen) atoms. The third-order valence-corrected chi connectivity index (χ3v) is 3.37. The van der Waals surface area contributed by atoms with Crippen LogP contribution in [-0.4, -0.2) is 12.1 Å². The van der Waals surface area contributed by atoms with Crippen molar-refractivity contribution in [2.24, 2.45) is 11.8 Å². The highest BCUT2D eigenvalue weighted by Gasteiger charge is 2.30. The summed E-state index contributed by atoms with van der Waals surface area (Å²) in [5, 5.41) is 3.60. The van der Waals surface area contributed by atoms with Crippen LogP contribution in [0.4, 0.5) is 0 Å².